The van der Waals surface area contributed by atoms with E-state index in [0.717, 1.165) is 22.7 Å². The average Bonchev–Trinajstić information content (AvgIpc) is 2.78. The first-order chi connectivity index (χ1) is 8.56. The number of aliphatic hydroxyl groups is 1. The molecule has 0 aliphatic heterocycles. The summed E-state index contributed by atoms with van der Waals surface area (Å²) in [5, 5.41) is 12.2. The topological polar surface area (TPSA) is 33.1 Å². The maximum atomic E-state index is 9.48. The minimum atomic E-state index is -0.482. The largest absolute Gasteiger partial charge is 0.386 e. The van der Waals surface area contributed by atoms with E-state index in [1.165, 1.54) is 16.9 Å². The van der Waals surface area contributed by atoms with Crippen molar-refractivity contribution in [2.24, 2.45) is 5.92 Å². The van der Waals surface area contributed by atoms with E-state index in [9.17, 15) is 5.11 Å². The molecule has 0 bridgehead atoms. The van der Waals surface area contributed by atoms with Gasteiger partial charge in [-0.25, -0.2) is 4.98 Å². The Morgan fingerprint density at radius 2 is 1.83 bits per heavy atom. The van der Waals surface area contributed by atoms with Gasteiger partial charge in [-0.3, -0.25) is 0 Å². The SMILES string of the molecule is CC(C)Cc1ccc(-c2csc(C(C)O)n2)cc1. The molecule has 0 saturated carbocycles. The van der Waals surface area contributed by atoms with Crippen molar-refractivity contribution in [3.8, 4) is 11.3 Å². The summed E-state index contributed by atoms with van der Waals surface area (Å²) < 4.78 is 0. The summed E-state index contributed by atoms with van der Waals surface area (Å²) >= 11 is 1.51. The van der Waals surface area contributed by atoms with Crippen molar-refractivity contribution in [1.29, 1.82) is 0 Å². The van der Waals surface area contributed by atoms with Crippen LogP contribution in [0, 0.1) is 5.92 Å². The quantitative estimate of drug-likeness (QED) is 0.900. The molecule has 2 aromatic rings. The number of thiazole rings is 1. The zero-order chi connectivity index (χ0) is 13.1. The van der Waals surface area contributed by atoms with Crippen molar-refractivity contribution in [3.05, 3.63) is 40.2 Å². The smallest absolute Gasteiger partial charge is 0.122 e. The van der Waals surface area contributed by atoms with E-state index in [1.54, 1.807) is 6.92 Å². The van der Waals surface area contributed by atoms with Crippen molar-refractivity contribution in [3.63, 3.8) is 0 Å². The van der Waals surface area contributed by atoms with Gasteiger partial charge in [0.15, 0.2) is 0 Å². The zero-order valence-corrected chi connectivity index (χ0v) is 11.9. The highest BCUT2D eigenvalue weighted by Gasteiger charge is 2.08. The van der Waals surface area contributed by atoms with Crippen molar-refractivity contribution < 1.29 is 5.11 Å². The van der Waals surface area contributed by atoms with Crippen LogP contribution in [0.1, 0.15) is 37.4 Å². The molecule has 3 heteroatoms. The van der Waals surface area contributed by atoms with Crippen molar-refractivity contribution in [1.82, 2.24) is 4.98 Å². The van der Waals surface area contributed by atoms with E-state index in [1.807, 2.05) is 5.38 Å². The molecule has 1 aromatic carbocycles. The van der Waals surface area contributed by atoms with Gasteiger partial charge in [-0.1, -0.05) is 38.1 Å². The van der Waals surface area contributed by atoms with Gasteiger partial charge >= 0.3 is 0 Å². The van der Waals surface area contributed by atoms with E-state index < -0.39 is 6.10 Å². The van der Waals surface area contributed by atoms with Crippen LogP contribution in [0.3, 0.4) is 0 Å². The minimum absolute atomic E-state index is 0.482. The maximum Gasteiger partial charge on any atom is 0.122 e. The molecule has 0 saturated heterocycles. The Bertz CT molecular complexity index is 499. The first kappa shape index (κ1) is 13.2. The lowest BCUT2D eigenvalue weighted by Crippen LogP contribution is -1.93. The van der Waals surface area contributed by atoms with Gasteiger partial charge in [0.05, 0.1) is 5.69 Å². The number of aliphatic hydroxyl groups excluding tert-OH is 1. The van der Waals surface area contributed by atoms with Crippen LogP contribution in [-0.4, -0.2) is 10.1 Å². The fourth-order valence-corrected chi connectivity index (χ4v) is 2.66. The van der Waals surface area contributed by atoms with Crippen molar-refractivity contribution >= 4 is 11.3 Å². The summed E-state index contributed by atoms with van der Waals surface area (Å²) in [5.41, 5.74) is 3.43. The number of nitrogens with zero attached hydrogens (tertiary/aromatic N) is 1. The molecule has 0 aliphatic carbocycles. The van der Waals surface area contributed by atoms with Crippen LogP contribution in [-0.2, 0) is 6.42 Å². The van der Waals surface area contributed by atoms with E-state index in [2.05, 4.69) is 43.1 Å². The fourth-order valence-electron chi connectivity index (χ4n) is 1.90. The Morgan fingerprint density at radius 3 is 2.33 bits per heavy atom. The van der Waals surface area contributed by atoms with Crippen LogP contribution in [0.15, 0.2) is 29.6 Å². The van der Waals surface area contributed by atoms with E-state index >= 15 is 0 Å². The predicted octanol–water partition coefficient (Wildman–Crippen LogP) is 4.06. The van der Waals surface area contributed by atoms with Crippen LogP contribution in [0.5, 0.6) is 0 Å². The van der Waals surface area contributed by atoms with E-state index in [0.29, 0.717) is 5.92 Å². The van der Waals surface area contributed by atoms with Crippen LogP contribution in [0.4, 0.5) is 0 Å². The van der Waals surface area contributed by atoms with Crippen LogP contribution in [0.2, 0.25) is 0 Å². The molecule has 96 valence electrons. The third-order valence-electron chi connectivity index (χ3n) is 2.77. The molecule has 0 fully saturated rings. The molecule has 2 rings (SSSR count). The Kier molecular flexibility index (Phi) is 4.15. The third-order valence-corrected chi connectivity index (χ3v) is 3.79. The zero-order valence-electron chi connectivity index (χ0n) is 11.1. The number of benzene rings is 1. The van der Waals surface area contributed by atoms with Crippen LogP contribution >= 0.6 is 11.3 Å². The maximum absolute atomic E-state index is 9.48. The molecule has 2 nitrogen and oxygen atoms in total. The summed E-state index contributed by atoms with van der Waals surface area (Å²) in [6, 6.07) is 8.55. The first-order valence-corrected chi connectivity index (χ1v) is 7.17. The lowest BCUT2D eigenvalue weighted by atomic mass is 10.0. The lowest BCUT2D eigenvalue weighted by Gasteiger charge is -2.05. The molecule has 0 radical (unpaired) electrons. The van der Waals surface area contributed by atoms with Crippen molar-refractivity contribution in [2.75, 3.05) is 0 Å². The van der Waals surface area contributed by atoms with Gasteiger partial charge in [0.25, 0.3) is 0 Å². The lowest BCUT2D eigenvalue weighted by molar-refractivity contribution is 0.199. The summed E-state index contributed by atoms with van der Waals surface area (Å²) in [6.07, 6.45) is 0.625. The third kappa shape index (κ3) is 3.18. The van der Waals surface area contributed by atoms with E-state index in [-0.39, 0.29) is 0 Å². The average molecular weight is 261 g/mol. The summed E-state index contributed by atoms with van der Waals surface area (Å²) in [5.74, 6) is 0.678. The monoisotopic (exact) mass is 261 g/mol. The molecule has 0 aliphatic rings. The molecule has 1 N–H and O–H groups in total. The Hall–Kier alpha value is -1.19. The Morgan fingerprint density at radius 1 is 1.17 bits per heavy atom. The summed E-state index contributed by atoms with van der Waals surface area (Å²) in [6.45, 7) is 6.20. The molecule has 1 heterocycles. The van der Waals surface area contributed by atoms with Crippen LogP contribution in [0.25, 0.3) is 11.3 Å². The predicted molar refractivity (Wildman–Crippen MR) is 76.7 cm³/mol. The van der Waals surface area contributed by atoms with Gasteiger partial charge in [0.2, 0.25) is 0 Å². The molecule has 18 heavy (non-hydrogen) atoms. The molecular weight excluding hydrogens is 242 g/mol. The highest BCUT2D eigenvalue weighted by atomic mass is 32.1. The molecule has 1 atom stereocenters. The Balaban J connectivity index is 2.17. The molecule has 1 aromatic heterocycles. The summed E-state index contributed by atoms with van der Waals surface area (Å²) in [4.78, 5) is 4.44. The Labute approximate surface area is 112 Å². The fraction of sp³-hybridized carbons (Fsp3) is 0.400. The first-order valence-electron chi connectivity index (χ1n) is 6.29. The normalized spacial score (nSPS) is 12.9. The van der Waals surface area contributed by atoms with Gasteiger partial charge in [0, 0.05) is 10.9 Å². The highest BCUT2D eigenvalue weighted by Crippen LogP contribution is 2.25. The molecule has 0 spiro atoms. The van der Waals surface area contributed by atoms with Gasteiger partial charge in [-0.2, -0.15) is 0 Å². The summed E-state index contributed by atoms with van der Waals surface area (Å²) in [7, 11) is 0. The molecular formula is C15H19NOS. The van der Waals surface area contributed by atoms with E-state index in [4.69, 9.17) is 0 Å². The van der Waals surface area contributed by atoms with Gasteiger partial charge in [0.1, 0.15) is 11.1 Å². The minimum Gasteiger partial charge on any atom is -0.386 e. The van der Waals surface area contributed by atoms with Gasteiger partial charge in [-0.15, -0.1) is 11.3 Å². The van der Waals surface area contributed by atoms with Gasteiger partial charge < -0.3 is 5.11 Å². The second kappa shape index (κ2) is 5.63. The van der Waals surface area contributed by atoms with Crippen molar-refractivity contribution in [2.45, 2.75) is 33.3 Å². The second-order valence-electron chi connectivity index (χ2n) is 5.04. The number of hydrogen-bond donors (Lipinski definition) is 1. The highest BCUT2D eigenvalue weighted by molar-refractivity contribution is 7.10. The number of rotatable bonds is 4. The van der Waals surface area contributed by atoms with Crippen LogP contribution < -0.4 is 0 Å². The number of aromatic nitrogens is 1. The second-order valence-corrected chi connectivity index (χ2v) is 5.93. The van der Waals surface area contributed by atoms with Gasteiger partial charge in [-0.05, 0) is 24.8 Å². The number of hydrogen-bond acceptors (Lipinski definition) is 3. The molecule has 1 unspecified atom stereocenters. The molecule has 0 amide bonds. The standard InChI is InChI=1S/C15H19NOS/c1-10(2)8-12-4-6-13(7-5-12)14-9-18-15(16-14)11(3)17/h4-7,9-11,17H,8H2,1-3H3.